The summed E-state index contributed by atoms with van der Waals surface area (Å²) in [5.41, 5.74) is 0.614. The zero-order valence-electron chi connectivity index (χ0n) is 6.80. The highest BCUT2D eigenvalue weighted by Gasteiger charge is 2.26. The van der Waals surface area contributed by atoms with Crippen LogP contribution in [0.4, 0.5) is 0 Å². The van der Waals surface area contributed by atoms with E-state index in [1.54, 1.807) is 24.3 Å². The zero-order chi connectivity index (χ0) is 9.10. The highest BCUT2D eigenvalue weighted by molar-refractivity contribution is 7.95. The third kappa shape index (κ3) is 2.47. The summed E-state index contributed by atoms with van der Waals surface area (Å²) in [4.78, 5) is 11.3. The van der Waals surface area contributed by atoms with Crippen LogP contribution in [-0.4, -0.2) is 18.0 Å². The van der Waals surface area contributed by atoms with Gasteiger partial charge in [-0.2, -0.15) is 0 Å². The molecule has 0 amide bonds. The van der Waals surface area contributed by atoms with E-state index in [4.69, 9.17) is 8.92 Å². The Morgan fingerprint density at radius 2 is 2.15 bits per heavy atom. The summed E-state index contributed by atoms with van der Waals surface area (Å²) in [6.07, 6.45) is 0. The lowest BCUT2D eigenvalue weighted by Gasteiger charge is -1.99. The molecule has 1 aliphatic rings. The third-order valence-electron chi connectivity index (χ3n) is 1.54. The normalized spacial score (nSPS) is 19.5. The van der Waals surface area contributed by atoms with Crippen molar-refractivity contribution in [2.45, 2.75) is 5.44 Å². The Hall–Kier alpha value is -1.00. The van der Waals surface area contributed by atoms with E-state index >= 15 is 0 Å². The molecular weight excluding hydrogens is 188 g/mol. The lowest BCUT2D eigenvalue weighted by molar-refractivity contribution is 0.0766. The maximum atomic E-state index is 11.3. The van der Waals surface area contributed by atoms with Gasteiger partial charge in [-0.15, -0.1) is 0 Å². The fourth-order valence-corrected chi connectivity index (χ4v) is 1.30. The molecule has 0 bridgehead atoms. The fourth-order valence-electron chi connectivity index (χ4n) is 0.815. The van der Waals surface area contributed by atoms with Crippen molar-refractivity contribution >= 4 is 18.0 Å². The Bertz CT molecular complexity index is 295. The van der Waals surface area contributed by atoms with Gasteiger partial charge in [0.05, 0.1) is 24.2 Å². The average molecular weight is 196 g/mol. The Labute approximate surface area is 80.2 Å². The smallest absolute Gasteiger partial charge is 0.350 e. The molecule has 1 saturated heterocycles. The predicted octanol–water partition coefficient (Wildman–Crippen LogP) is 1.85. The summed E-state index contributed by atoms with van der Waals surface area (Å²) in [7, 11) is 0. The predicted molar refractivity (Wildman–Crippen MR) is 49.2 cm³/mol. The van der Waals surface area contributed by atoms with Crippen molar-refractivity contribution in [3.8, 4) is 0 Å². The minimum Gasteiger partial charge on any atom is -0.385 e. The summed E-state index contributed by atoms with van der Waals surface area (Å²) in [6.45, 7) is 0.673. The molecule has 2 rings (SSSR count). The van der Waals surface area contributed by atoms with E-state index in [2.05, 4.69) is 0 Å². The van der Waals surface area contributed by atoms with Gasteiger partial charge in [0.25, 0.3) is 0 Å². The average Bonchev–Trinajstić information content (AvgIpc) is 2.99. The van der Waals surface area contributed by atoms with Crippen molar-refractivity contribution < 1.29 is 13.7 Å². The van der Waals surface area contributed by atoms with Gasteiger partial charge in [-0.3, -0.25) is 0 Å². The number of hydrogen-bond acceptors (Lipinski definition) is 4. The number of ether oxygens (including phenoxy) is 1. The molecule has 1 heterocycles. The van der Waals surface area contributed by atoms with Crippen LogP contribution in [0.2, 0.25) is 0 Å². The summed E-state index contributed by atoms with van der Waals surface area (Å²) in [5.74, 6) is -0.318. The number of hydrogen-bond donors (Lipinski definition) is 0. The monoisotopic (exact) mass is 196 g/mol. The van der Waals surface area contributed by atoms with Crippen LogP contribution in [0.3, 0.4) is 0 Å². The van der Waals surface area contributed by atoms with Gasteiger partial charge in [0, 0.05) is 0 Å². The van der Waals surface area contributed by atoms with Gasteiger partial charge in [-0.1, -0.05) is 18.2 Å². The minimum atomic E-state index is -0.318. The maximum absolute atomic E-state index is 11.3. The largest absolute Gasteiger partial charge is 0.385 e. The van der Waals surface area contributed by atoms with Crippen molar-refractivity contribution in [1.82, 2.24) is 0 Å². The van der Waals surface area contributed by atoms with E-state index < -0.39 is 0 Å². The van der Waals surface area contributed by atoms with Gasteiger partial charge < -0.3 is 8.92 Å². The van der Waals surface area contributed by atoms with Gasteiger partial charge in [0.2, 0.25) is 0 Å². The first-order valence-corrected chi connectivity index (χ1v) is 4.71. The van der Waals surface area contributed by atoms with Crippen molar-refractivity contribution in [3.63, 3.8) is 0 Å². The Morgan fingerprint density at radius 3 is 2.77 bits per heavy atom. The van der Waals surface area contributed by atoms with Crippen LogP contribution in [-0.2, 0) is 8.92 Å². The first-order chi connectivity index (χ1) is 6.36. The SMILES string of the molecule is O=C(OSC1CO1)c1ccccc1. The standard InChI is InChI=1S/C9H8O3S/c10-9(12-13-8-6-11-8)7-4-2-1-3-5-7/h1-5,8H,6H2. The van der Waals surface area contributed by atoms with Gasteiger partial charge in [0.15, 0.2) is 5.44 Å². The van der Waals surface area contributed by atoms with Crippen LogP contribution in [0.5, 0.6) is 0 Å². The Kier molecular flexibility index (Phi) is 2.52. The number of carbonyl (C=O) groups excluding carboxylic acids is 1. The van der Waals surface area contributed by atoms with Gasteiger partial charge in [-0.05, 0) is 12.1 Å². The van der Waals surface area contributed by atoms with Gasteiger partial charge >= 0.3 is 5.97 Å². The van der Waals surface area contributed by atoms with E-state index in [1.165, 1.54) is 0 Å². The minimum absolute atomic E-state index is 0.0488. The van der Waals surface area contributed by atoms with E-state index in [-0.39, 0.29) is 11.4 Å². The van der Waals surface area contributed by atoms with Crippen molar-refractivity contribution in [2.75, 3.05) is 6.61 Å². The number of benzene rings is 1. The van der Waals surface area contributed by atoms with Crippen LogP contribution in [0.15, 0.2) is 30.3 Å². The summed E-state index contributed by atoms with van der Waals surface area (Å²) in [6, 6.07) is 8.89. The highest BCUT2D eigenvalue weighted by Crippen LogP contribution is 2.25. The zero-order valence-corrected chi connectivity index (χ0v) is 7.62. The van der Waals surface area contributed by atoms with Crippen LogP contribution < -0.4 is 0 Å². The molecule has 1 aromatic rings. The highest BCUT2D eigenvalue weighted by atomic mass is 32.2. The van der Waals surface area contributed by atoms with Gasteiger partial charge in [0.1, 0.15) is 0 Å². The maximum Gasteiger partial charge on any atom is 0.350 e. The Morgan fingerprint density at radius 1 is 1.46 bits per heavy atom. The summed E-state index contributed by atoms with van der Waals surface area (Å²) in [5, 5.41) is 0. The second kappa shape index (κ2) is 3.81. The molecule has 1 unspecified atom stereocenters. The second-order valence-electron chi connectivity index (χ2n) is 2.60. The van der Waals surface area contributed by atoms with Crippen LogP contribution in [0.25, 0.3) is 0 Å². The lowest BCUT2D eigenvalue weighted by atomic mass is 10.2. The van der Waals surface area contributed by atoms with Crippen LogP contribution >= 0.6 is 12.0 Å². The molecule has 1 fully saturated rings. The van der Waals surface area contributed by atoms with Crippen LogP contribution in [0.1, 0.15) is 10.4 Å². The molecule has 68 valence electrons. The molecular formula is C9H8O3S. The second-order valence-corrected chi connectivity index (χ2v) is 3.48. The first kappa shape index (κ1) is 8.59. The molecule has 1 atom stereocenters. The molecule has 3 nitrogen and oxygen atoms in total. The lowest BCUT2D eigenvalue weighted by Crippen LogP contribution is -1.99. The summed E-state index contributed by atoms with van der Waals surface area (Å²) >= 11 is 1.07. The van der Waals surface area contributed by atoms with E-state index in [9.17, 15) is 4.79 Å². The molecule has 1 aliphatic heterocycles. The number of carbonyl (C=O) groups is 1. The number of rotatable bonds is 3. The first-order valence-electron chi connectivity index (χ1n) is 3.90. The van der Waals surface area contributed by atoms with Gasteiger partial charge in [-0.25, -0.2) is 4.79 Å². The van der Waals surface area contributed by atoms with E-state index in [0.29, 0.717) is 12.2 Å². The molecule has 13 heavy (non-hydrogen) atoms. The van der Waals surface area contributed by atoms with Crippen molar-refractivity contribution in [2.24, 2.45) is 0 Å². The van der Waals surface area contributed by atoms with E-state index in [0.717, 1.165) is 12.0 Å². The molecule has 0 spiro atoms. The quantitative estimate of drug-likeness (QED) is 0.546. The molecule has 0 aliphatic carbocycles. The van der Waals surface area contributed by atoms with Crippen molar-refractivity contribution in [3.05, 3.63) is 35.9 Å². The molecule has 0 radical (unpaired) electrons. The fraction of sp³-hybridized carbons (Fsp3) is 0.222. The van der Waals surface area contributed by atoms with Crippen LogP contribution in [0, 0.1) is 0 Å². The Balaban J connectivity index is 1.89. The topological polar surface area (TPSA) is 38.8 Å². The van der Waals surface area contributed by atoms with E-state index in [1.807, 2.05) is 6.07 Å². The summed E-state index contributed by atoms with van der Waals surface area (Å²) < 4.78 is 9.79. The molecule has 0 saturated carbocycles. The molecule has 1 aromatic carbocycles. The molecule has 4 heteroatoms. The molecule has 0 N–H and O–H groups in total. The third-order valence-corrected chi connectivity index (χ3v) is 2.28. The van der Waals surface area contributed by atoms with Crippen molar-refractivity contribution in [1.29, 1.82) is 0 Å². The molecule has 0 aromatic heterocycles. The number of epoxide rings is 1.